The van der Waals surface area contributed by atoms with Gasteiger partial charge < -0.3 is 30.4 Å². The minimum Gasteiger partial charge on any atom is -0.525 e. The maximum Gasteiger partial charge on any atom is 0.337 e. The number of nitrogens with zero attached hydrogens (tertiary/aromatic N) is 3. The molecular weight excluding hydrogens is 563 g/mol. The Labute approximate surface area is 240 Å². The number of ether oxygens (including phenoxy) is 1. The van der Waals surface area contributed by atoms with Gasteiger partial charge in [0.1, 0.15) is 5.82 Å². The van der Waals surface area contributed by atoms with Crippen molar-refractivity contribution >= 4 is 54.6 Å². The second kappa shape index (κ2) is 12.9. The van der Waals surface area contributed by atoms with Gasteiger partial charge in [0.05, 0.1) is 22.3 Å². The van der Waals surface area contributed by atoms with E-state index in [9.17, 15) is 19.1 Å². The van der Waals surface area contributed by atoms with Crippen LogP contribution in [0, 0.1) is 17.8 Å². The lowest BCUT2D eigenvalue weighted by Crippen LogP contribution is -2.40. The first-order valence-electron chi connectivity index (χ1n) is 12.0. The number of aliphatic hydroxyl groups is 1. The Kier molecular flexibility index (Phi) is 9.32. The van der Waals surface area contributed by atoms with Gasteiger partial charge in [0, 0.05) is 36.0 Å². The van der Waals surface area contributed by atoms with Crippen LogP contribution in [0.5, 0.6) is 5.75 Å². The number of carbonyl (C=O) groups is 2. The lowest BCUT2D eigenvalue weighted by molar-refractivity contribution is 0.0546. The summed E-state index contributed by atoms with van der Waals surface area (Å²) in [5, 5.41) is 19.7. The van der Waals surface area contributed by atoms with Crippen molar-refractivity contribution in [2.75, 3.05) is 24.1 Å². The molecule has 0 saturated carbocycles. The zero-order valence-corrected chi connectivity index (χ0v) is 22.7. The number of benzene rings is 2. The van der Waals surface area contributed by atoms with Crippen LogP contribution < -0.4 is 15.8 Å². The van der Waals surface area contributed by atoms with Gasteiger partial charge in [-0.3, -0.25) is 9.59 Å². The van der Waals surface area contributed by atoms with Gasteiger partial charge >= 0.3 is 8.05 Å². The maximum absolute atomic E-state index is 14.2. The lowest BCUT2D eigenvalue weighted by Gasteiger charge is -2.29. The number of anilines is 2. The summed E-state index contributed by atoms with van der Waals surface area (Å²) >= 11 is 12.4. The van der Waals surface area contributed by atoms with Gasteiger partial charge in [-0.05, 0) is 55.2 Å². The minimum atomic E-state index is -1.23. The normalized spacial score (nSPS) is 14.1. The van der Waals surface area contributed by atoms with Crippen LogP contribution in [0.2, 0.25) is 10.0 Å². The van der Waals surface area contributed by atoms with Crippen molar-refractivity contribution in [3.8, 4) is 17.8 Å². The van der Waals surface area contributed by atoms with Crippen LogP contribution in [-0.4, -0.2) is 59.3 Å². The molecule has 1 saturated heterocycles. The standard InChI is InChI=1S/C26H23BCl2FN5O5/c27-39-12-9-20(22-17(28)5-6-18(30)23(22)29)40-21-13-19(33-34-24(21)31)25(37)32-15-3-1-14(2-4-15)26(38)35-10-7-16(36)8-11-35/h1-6,13,16,20,36H,7-8,10-11,27H2,(H2,31,34)(H,32,37)/t20-/m1/s1. The Morgan fingerprint density at radius 2 is 1.88 bits per heavy atom. The van der Waals surface area contributed by atoms with E-state index in [0.29, 0.717) is 37.2 Å². The first-order chi connectivity index (χ1) is 19.2. The first-order valence-corrected chi connectivity index (χ1v) is 12.8. The second-order valence-electron chi connectivity index (χ2n) is 8.74. The Balaban J connectivity index is 1.50. The largest absolute Gasteiger partial charge is 0.525 e. The molecule has 2 heterocycles. The van der Waals surface area contributed by atoms with Crippen molar-refractivity contribution < 1.29 is 28.5 Å². The highest BCUT2D eigenvalue weighted by molar-refractivity contribution is 6.36. The number of nitrogen functional groups attached to an aromatic ring is 1. The third-order valence-electron chi connectivity index (χ3n) is 6.04. The molecule has 206 valence electrons. The fraction of sp³-hybridized carbons (Fsp3) is 0.231. The van der Waals surface area contributed by atoms with Crippen molar-refractivity contribution in [1.29, 1.82) is 0 Å². The number of hydrogen-bond donors (Lipinski definition) is 3. The molecule has 2 aromatic carbocycles. The van der Waals surface area contributed by atoms with E-state index in [1.165, 1.54) is 20.2 Å². The number of aromatic nitrogens is 2. The molecule has 1 atom stereocenters. The predicted octanol–water partition coefficient (Wildman–Crippen LogP) is 3.00. The topological polar surface area (TPSA) is 140 Å². The van der Waals surface area contributed by atoms with Crippen molar-refractivity contribution in [3.63, 3.8) is 0 Å². The van der Waals surface area contributed by atoms with E-state index in [0.717, 1.165) is 6.07 Å². The van der Waals surface area contributed by atoms with Crippen molar-refractivity contribution in [2.45, 2.75) is 25.0 Å². The van der Waals surface area contributed by atoms with Crippen molar-refractivity contribution in [1.82, 2.24) is 15.1 Å². The highest BCUT2D eigenvalue weighted by Gasteiger charge is 2.24. The molecule has 4 rings (SSSR count). The van der Waals surface area contributed by atoms with Gasteiger partial charge in [-0.1, -0.05) is 23.2 Å². The van der Waals surface area contributed by atoms with Crippen LogP contribution in [0.3, 0.4) is 0 Å². The van der Waals surface area contributed by atoms with Crippen LogP contribution in [-0.2, 0) is 4.65 Å². The summed E-state index contributed by atoms with van der Waals surface area (Å²) < 4.78 is 24.8. The van der Waals surface area contributed by atoms with Crippen molar-refractivity contribution in [3.05, 3.63) is 75.1 Å². The molecule has 1 aliphatic rings. The molecule has 1 aromatic heterocycles. The van der Waals surface area contributed by atoms with Crippen LogP contribution in [0.1, 0.15) is 45.4 Å². The average molecular weight is 586 g/mol. The van der Waals surface area contributed by atoms with Gasteiger partial charge in [0.2, 0.25) is 0 Å². The number of carbonyl (C=O) groups excluding carboxylic acids is 2. The second-order valence-corrected chi connectivity index (χ2v) is 9.52. The Morgan fingerprint density at radius 3 is 2.55 bits per heavy atom. The Bertz CT molecular complexity index is 1480. The predicted molar refractivity (Wildman–Crippen MR) is 149 cm³/mol. The fourth-order valence-corrected chi connectivity index (χ4v) is 4.48. The maximum atomic E-state index is 14.2. The van der Waals surface area contributed by atoms with Gasteiger partial charge in [0.25, 0.3) is 11.8 Å². The average Bonchev–Trinajstić information content (AvgIpc) is 2.95. The number of rotatable bonds is 6. The van der Waals surface area contributed by atoms with Gasteiger partial charge in [-0.2, -0.15) is 0 Å². The summed E-state index contributed by atoms with van der Waals surface area (Å²) in [4.78, 5) is 27.3. The molecule has 14 heteroatoms. The SMILES string of the molecule is BOC#C[C@@H](Oc1cc(C(=O)Nc2ccc(C(=O)N3CCC(O)CC3)cc2)nnc1N)c1c(Cl)ccc(F)c1Cl. The zero-order chi connectivity index (χ0) is 28.8. The van der Waals surface area contributed by atoms with Crippen LogP contribution >= 0.6 is 23.2 Å². The molecule has 10 nitrogen and oxygen atoms in total. The molecule has 0 spiro atoms. The molecule has 0 radical (unpaired) electrons. The van der Waals surface area contributed by atoms with E-state index >= 15 is 0 Å². The number of hydrogen-bond acceptors (Lipinski definition) is 8. The highest BCUT2D eigenvalue weighted by Crippen LogP contribution is 2.36. The quantitative estimate of drug-likeness (QED) is 0.228. The summed E-state index contributed by atoms with van der Waals surface area (Å²) in [5.41, 5.74) is 6.66. The molecule has 4 N–H and O–H groups in total. The van der Waals surface area contributed by atoms with E-state index in [1.807, 2.05) is 0 Å². The van der Waals surface area contributed by atoms with E-state index in [-0.39, 0.29) is 44.9 Å². The first kappa shape index (κ1) is 29.0. The summed E-state index contributed by atoms with van der Waals surface area (Å²) in [6.07, 6.45) is 1.82. The molecule has 1 fully saturated rings. The molecule has 0 bridgehead atoms. The number of nitrogens with two attached hydrogens (primary N) is 1. The molecule has 1 aliphatic heterocycles. The number of halogens is 3. The fourth-order valence-electron chi connectivity index (χ4n) is 3.92. The number of aliphatic hydroxyl groups excluding tert-OH is 1. The van der Waals surface area contributed by atoms with E-state index in [4.69, 9.17) is 38.3 Å². The molecular formula is C26H23BCl2FN5O5. The molecule has 0 aliphatic carbocycles. The molecule has 0 unspecified atom stereocenters. The zero-order valence-electron chi connectivity index (χ0n) is 21.2. The van der Waals surface area contributed by atoms with E-state index in [1.54, 1.807) is 29.2 Å². The van der Waals surface area contributed by atoms with E-state index in [2.05, 4.69) is 27.5 Å². The summed E-state index contributed by atoms with van der Waals surface area (Å²) in [5.74, 6) is 0.841. The number of likely N-dealkylation sites (tertiary alicyclic amines) is 1. The number of nitrogens with one attached hydrogen (secondary N) is 1. The van der Waals surface area contributed by atoms with E-state index < -0.39 is 17.8 Å². The smallest absolute Gasteiger partial charge is 0.337 e. The highest BCUT2D eigenvalue weighted by atomic mass is 35.5. The van der Waals surface area contributed by atoms with Gasteiger partial charge in [-0.25, -0.2) is 4.39 Å². The summed E-state index contributed by atoms with van der Waals surface area (Å²) in [6, 6.07) is 9.98. The van der Waals surface area contributed by atoms with Crippen molar-refractivity contribution in [2.24, 2.45) is 0 Å². The third-order valence-corrected chi connectivity index (χ3v) is 6.75. The van der Waals surface area contributed by atoms with Gasteiger partial charge in [0.15, 0.2) is 23.4 Å². The van der Waals surface area contributed by atoms with Crippen LogP contribution in [0.4, 0.5) is 15.9 Å². The Hall–Kier alpha value is -4.05. The Morgan fingerprint density at radius 1 is 1.18 bits per heavy atom. The van der Waals surface area contributed by atoms with Crippen LogP contribution in [0.15, 0.2) is 42.5 Å². The van der Waals surface area contributed by atoms with Gasteiger partial charge in [-0.15, -0.1) is 10.2 Å². The third kappa shape index (κ3) is 6.74. The van der Waals surface area contributed by atoms with Crippen LogP contribution in [0.25, 0.3) is 0 Å². The monoisotopic (exact) mass is 585 g/mol. The summed E-state index contributed by atoms with van der Waals surface area (Å²) in [6.45, 7) is 0.961. The number of piperidine rings is 1. The number of amides is 2. The summed E-state index contributed by atoms with van der Waals surface area (Å²) in [7, 11) is 1.32. The molecule has 2 amide bonds. The minimum absolute atomic E-state index is 0.0328. The molecule has 40 heavy (non-hydrogen) atoms. The lowest BCUT2D eigenvalue weighted by atomic mass is 10.1. The molecule has 3 aromatic rings.